The molecule has 10 heteroatoms. The van der Waals surface area contributed by atoms with Gasteiger partial charge in [-0.1, -0.05) is 12.1 Å². The first-order valence-electron chi connectivity index (χ1n) is 10.2. The van der Waals surface area contributed by atoms with E-state index in [2.05, 4.69) is 34.2 Å². The lowest BCUT2D eigenvalue weighted by molar-refractivity contribution is 0.552. The molecule has 4 heterocycles. The maximum absolute atomic E-state index is 11.6. The monoisotopic (exact) mass is 437 g/mol. The summed E-state index contributed by atoms with van der Waals surface area (Å²) in [7, 11) is -2.91. The maximum atomic E-state index is 11.6. The normalized spacial score (nSPS) is 16.3. The van der Waals surface area contributed by atoms with Crippen LogP contribution < -0.4 is 10.2 Å². The predicted octanol–water partition coefficient (Wildman–Crippen LogP) is 2.93. The molecule has 1 aliphatic rings. The second-order valence-electron chi connectivity index (χ2n) is 7.98. The molecule has 31 heavy (non-hydrogen) atoms. The average Bonchev–Trinajstić information content (AvgIpc) is 3.20. The van der Waals surface area contributed by atoms with E-state index in [1.54, 1.807) is 12.4 Å². The minimum atomic E-state index is -2.91. The van der Waals surface area contributed by atoms with E-state index in [-0.39, 0.29) is 17.5 Å². The average molecular weight is 438 g/mol. The second-order valence-corrected chi connectivity index (χ2v) is 10.3. The number of nitrogens with zero attached hydrogens (tertiary/aromatic N) is 6. The number of pyridine rings is 1. The molecule has 1 fully saturated rings. The van der Waals surface area contributed by atoms with Gasteiger partial charge in [-0.15, -0.1) is 0 Å². The molecule has 160 valence electrons. The van der Waals surface area contributed by atoms with Gasteiger partial charge in [0.15, 0.2) is 9.84 Å². The number of fused-ring (bicyclic) bond motifs is 3. The van der Waals surface area contributed by atoms with Crippen LogP contribution in [-0.4, -0.2) is 57.7 Å². The fourth-order valence-corrected chi connectivity index (χ4v) is 5.01. The van der Waals surface area contributed by atoms with Crippen molar-refractivity contribution in [2.24, 2.45) is 0 Å². The number of hydrogen-bond acceptors (Lipinski definition) is 8. The van der Waals surface area contributed by atoms with Crippen molar-refractivity contribution in [3.8, 4) is 0 Å². The van der Waals surface area contributed by atoms with Crippen molar-refractivity contribution in [1.29, 1.82) is 0 Å². The SMILES string of the molecule is CC(C)n1ncc2ccc3cnc(Nc4ccc(N5CCS(=O)(=O)CC5)cn4)nc3c21. The van der Waals surface area contributed by atoms with Crippen LogP contribution in [0.5, 0.6) is 0 Å². The lowest BCUT2D eigenvalue weighted by Crippen LogP contribution is -2.40. The van der Waals surface area contributed by atoms with E-state index in [4.69, 9.17) is 4.98 Å². The molecule has 0 amide bonds. The van der Waals surface area contributed by atoms with Crippen LogP contribution in [0.1, 0.15) is 19.9 Å². The van der Waals surface area contributed by atoms with E-state index in [9.17, 15) is 8.42 Å². The van der Waals surface area contributed by atoms with E-state index in [0.717, 1.165) is 27.5 Å². The summed E-state index contributed by atoms with van der Waals surface area (Å²) < 4.78 is 25.2. The quantitative estimate of drug-likeness (QED) is 0.519. The van der Waals surface area contributed by atoms with Gasteiger partial charge in [0.05, 0.1) is 35.1 Å². The summed E-state index contributed by atoms with van der Waals surface area (Å²) >= 11 is 0. The van der Waals surface area contributed by atoms with Crippen LogP contribution in [0.15, 0.2) is 42.9 Å². The van der Waals surface area contributed by atoms with Gasteiger partial charge in [0.25, 0.3) is 0 Å². The highest BCUT2D eigenvalue weighted by Gasteiger charge is 2.22. The van der Waals surface area contributed by atoms with Crippen LogP contribution in [-0.2, 0) is 9.84 Å². The van der Waals surface area contributed by atoms with E-state index >= 15 is 0 Å². The first-order chi connectivity index (χ1) is 14.9. The molecule has 1 aliphatic heterocycles. The summed E-state index contributed by atoms with van der Waals surface area (Å²) in [5.41, 5.74) is 2.73. The van der Waals surface area contributed by atoms with Gasteiger partial charge in [-0.05, 0) is 26.0 Å². The van der Waals surface area contributed by atoms with Gasteiger partial charge in [0.2, 0.25) is 5.95 Å². The highest BCUT2D eigenvalue weighted by atomic mass is 32.2. The fraction of sp³-hybridized carbons (Fsp3) is 0.333. The molecule has 0 bridgehead atoms. The summed E-state index contributed by atoms with van der Waals surface area (Å²) in [6.45, 7) is 5.16. The van der Waals surface area contributed by atoms with Crippen LogP contribution in [0.2, 0.25) is 0 Å². The van der Waals surface area contributed by atoms with E-state index in [0.29, 0.717) is 24.9 Å². The second kappa shape index (κ2) is 7.45. The number of benzene rings is 1. The van der Waals surface area contributed by atoms with Gasteiger partial charge in [-0.25, -0.2) is 23.4 Å². The van der Waals surface area contributed by atoms with Crippen LogP contribution in [0.25, 0.3) is 21.8 Å². The fourth-order valence-electron chi connectivity index (χ4n) is 3.81. The third-order valence-corrected chi connectivity index (χ3v) is 7.10. The zero-order chi connectivity index (χ0) is 21.6. The smallest absolute Gasteiger partial charge is 0.228 e. The molecule has 9 nitrogen and oxygen atoms in total. The molecule has 0 radical (unpaired) electrons. The van der Waals surface area contributed by atoms with Crippen LogP contribution in [0, 0.1) is 0 Å². The summed E-state index contributed by atoms with van der Waals surface area (Å²) in [6.07, 6.45) is 5.40. The Hall–Kier alpha value is -3.27. The summed E-state index contributed by atoms with van der Waals surface area (Å²) in [6, 6.07) is 8.03. The zero-order valence-electron chi connectivity index (χ0n) is 17.4. The van der Waals surface area contributed by atoms with E-state index < -0.39 is 9.84 Å². The number of anilines is 3. The van der Waals surface area contributed by atoms with Crippen LogP contribution >= 0.6 is 0 Å². The third-order valence-electron chi connectivity index (χ3n) is 5.49. The Morgan fingerprint density at radius 3 is 2.45 bits per heavy atom. The topological polar surface area (TPSA) is 106 Å². The molecule has 0 spiro atoms. The van der Waals surface area contributed by atoms with E-state index in [1.165, 1.54) is 0 Å². The zero-order valence-corrected chi connectivity index (χ0v) is 18.2. The summed E-state index contributed by atoms with van der Waals surface area (Å²) in [4.78, 5) is 15.7. The molecular formula is C21H23N7O2S. The molecule has 0 aliphatic carbocycles. The summed E-state index contributed by atoms with van der Waals surface area (Å²) in [5, 5.41) is 9.66. The summed E-state index contributed by atoms with van der Waals surface area (Å²) in [5.74, 6) is 1.44. The Morgan fingerprint density at radius 2 is 1.74 bits per heavy atom. The molecular weight excluding hydrogens is 414 g/mol. The van der Waals surface area contributed by atoms with Crippen molar-refractivity contribution in [2.45, 2.75) is 19.9 Å². The van der Waals surface area contributed by atoms with Crippen molar-refractivity contribution < 1.29 is 8.42 Å². The highest BCUT2D eigenvalue weighted by Crippen LogP contribution is 2.27. The van der Waals surface area contributed by atoms with Gasteiger partial charge >= 0.3 is 0 Å². The molecule has 0 atom stereocenters. The first kappa shape index (κ1) is 19.7. The van der Waals surface area contributed by atoms with Crippen molar-refractivity contribution >= 4 is 49.1 Å². The van der Waals surface area contributed by atoms with Gasteiger partial charge in [-0.2, -0.15) is 5.10 Å². The Morgan fingerprint density at radius 1 is 0.968 bits per heavy atom. The Balaban J connectivity index is 1.41. The van der Waals surface area contributed by atoms with Crippen molar-refractivity contribution in [2.75, 3.05) is 34.8 Å². The molecule has 4 aromatic rings. The lowest BCUT2D eigenvalue weighted by Gasteiger charge is -2.28. The first-order valence-corrected chi connectivity index (χ1v) is 12.0. The minimum absolute atomic E-state index is 0.180. The van der Waals surface area contributed by atoms with Gasteiger partial charge in [0, 0.05) is 36.1 Å². The Kier molecular flexibility index (Phi) is 4.73. The van der Waals surface area contributed by atoms with E-state index in [1.807, 2.05) is 40.0 Å². The largest absolute Gasteiger partial charge is 0.368 e. The number of rotatable bonds is 4. The molecule has 0 saturated carbocycles. The molecule has 1 N–H and O–H groups in total. The van der Waals surface area contributed by atoms with Crippen molar-refractivity contribution in [3.05, 3.63) is 42.9 Å². The minimum Gasteiger partial charge on any atom is -0.368 e. The van der Waals surface area contributed by atoms with Crippen LogP contribution in [0.4, 0.5) is 17.5 Å². The van der Waals surface area contributed by atoms with Crippen LogP contribution in [0.3, 0.4) is 0 Å². The van der Waals surface area contributed by atoms with Gasteiger partial charge in [-0.3, -0.25) is 4.68 Å². The molecule has 3 aromatic heterocycles. The lowest BCUT2D eigenvalue weighted by atomic mass is 10.2. The Bertz CT molecular complexity index is 1350. The predicted molar refractivity (Wildman–Crippen MR) is 122 cm³/mol. The maximum Gasteiger partial charge on any atom is 0.228 e. The highest BCUT2D eigenvalue weighted by molar-refractivity contribution is 7.91. The number of nitrogens with one attached hydrogen (secondary N) is 1. The molecule has 5 rings (SSSR count). The standard InChI is InChI=1S/C21H23N7O2S/c1-14(2)28-20-16(12-24-28)4-3-15-11-23-21(26-19(15)20)25-18-6-5-17(13-22-18)27-7-9-31(29,30)10-8-27/h3-6,11-14H,7-10H2,1-2H3,(H,22,23,25,26). The third kappa shape index (κ3) is 3.78. The van der Waals surface area contributed by atoms with Gasteiger partial charge in [0.1, 0.15) is 11.3 Å². The molecule has 1 saturated heterocycles. The molecule has 0 unspecified atom stereocenters. The number of hydrogen-bond donors (Lipinski definition) is 1. The van der Waals surface area contributed by atoms with Crippen molar-refractivity contribution in [1.82, 2.24) is 24.7 Å². The van der Waals surface area contributed by atoms with Gasteiger partial charge < -0.3 is 10.2 Å². The number of sulfone groups is 1. The number of aromatic nitrogens is 5. The van der Waals surface area contributed by atoms with Crippen molar-refractivity contribution in [3.63, 3.8) is 0 Å². The Labute approximate surface area is 180 Å². The molecule has 1 aromatic carbocycles.